The third kappa shape index (κ3) is 4.71. The molecule has 0 spiro atoms. The smallest absolute Gasteiger partial charge is 0.345 e. The summed E-state index contributed by atoms with van der Waals surface area (Å²) in [6.07, 6.45) is -0.468. The van der Waals surface area contributed by atoms with Crippen LogP contribution in [0.5, 0.6) is 0 Å². The van der Waals surface area contributed by atoms with Crippen LogP contribution >= 0.6 is 0 Å². The fourth-order valence-corrected chi connectivity index (χ4v) is 2.70. The van der Waals surface area contributed by atoms with Gasteiger partial charge in [-0.25, -0.2) is 0 Å². The first kappa shape index (κ1) is 17.3. The Bertz CT molecular complexity index is 570. The van der Waals surface area contributed by atoms with Gasteiger partial charge in [0.15, 0.2) is 0 Å². The van der Waals surface area contributed by atoms with Crippen molar-refractivity contribution in [2.45, 2.75) is 44.8 Å². The highest BCUT2D eigenvalue weighted by atomic mass is 19.4. The van der Waals surface area contributed by atoms with E-state index in [1.807, 2.05) is 6.92 Å². The lowest BCUT2D eigenvalue weighted by atomic mass is 9.86. The SMILES string of the molecule is CC1CCCCC1NC(=O)C(=O)Nc1ccc(C(F)(F)F)cc1. The maximum atomic E-state index is 12.5. The molecular weight excluding hydrogens is 309 g/mol. The van der Waals surface area contributed by atoms with Crippen LogP contribution in [0.1, 0.15) is 38.2 Å². The Labute approximate surface area is 132 Å². The number of hydrogen-bond acceptors (Lipinski definition) is 2. The third-order valence-corrected chi connectivity index (χ3v) is 4.10. The molecule has 1 aromatic rings. The molecular formula is C16H19F3N2O2. The first-order chi connectivity index (χ1) is 10.8. The number of rotatable bonds is 2. The Balaban J connectivity index is 1.91. The van der Waals surface area contributed by atoms with Crippen LogP contribution in [-0.2, 0) is 15.8 Å². The maximum Gasteiger partial charge on any atom is 0.416 e. The summed E-state index contributed by atoms with van der Waals surface area (Å²) in [6, 6.07) is 3.93. The van der Waals surface area contributed by atoms with Crippen LogP contribution in [0.15, 0.2) is 24.3 Å². The van der Waals surface area contributed by atoms with Crippen molar-refractivity contribution in [1.29, 1.82) is 0 Å². The van der Waals surface area contributed by atoms with Crippen LogP contribution < -0.4 is 10.6 Å². The summed E-state index contributed by atoms with van der Waals surface area (Å²) >= 11 is 0. The summed E-state index contributed by atoms with van der Waals surface area (Å²) in [4.78, 5) is 23.7. The molecule has 2 atom stereocenters. The predicted molar refractivity (Wildman–Crippen MR) is 79.6 cm³/mol. The van der Waals surface area contributed by atoms with Crippen LogP contribution in [0, 0.1) is 5.92 Å². The zero-order valence-electron chi connectivity index (χ0n) is 12.7. The van der Waals surface area contributed by atoms with Crippen LogP contribution in [-0.4, -0.2) is 17.9 Å². The second kappa shape index (κ2) is 7.02. The highest BCUT2D eigenvalue weighted by Gasteiger charge is 2.30. The van der Waals surface area contributed by atoms with Crippen molar-refractivity contribution < 1.29 is 22.8 Å². The monoisotopic (exact) mass is 328 g/mol. The standard InChI is InChI=1S/C16H19F3N2O2/c1-10-4-2-3-5-13(10)21-15(23)14(22)20-12-8-6-11(7-9-12)16(17,18)19/h6-10,13H,2-5H2,1H3,(H,20,22)(H,21,23). The van der Waals surface area contributed by atoms with E-state index in [2.05, 4.69) is 10.6 Å². The molecule has 2 unspecified atom stereocenters. The summed E-state index contributed by atoms with van der Waals surface area (Å²) in [6.45, 7) is 2.03. The number of amides is 2. The van der Waals surface area contributed by atoms with E-state index in [1.165, 1.54) is 0 Å². The van der Waals surface area contributed by atoms with Gasteiger partial charge in [-0.1, -0.05) is 19.8 Å². The average Bonchev–Trinajstić information content (AvgIpc) is 2.49. The van der Waals surface area contributed by atoms with Gasteiger partial charge in [0.1, 0.15) is 0 Å². The zero-order chi connectivity index (χ0) is 17.0. The number of benzene rings is 1. The van der Waals surface area contributed by atoms with Gasteiger partial charge >= 0.3 is 18.0 Å². The van der Waals surface area contributed by atoms with E-state index in [4.69, 9.17) is 0 Å². The van der Waals surface area contributed by atoms with Crippen molar-refractivity contribution in [3.63, 3.8) is 0 Å². The minimum atomic E-state index is -4.43. The van der Waals surface area contributed by atoms with Crippen LogP contribution in [0.2, 0.25) is 0 Å². The molecule has 4 nitrogen and oxygen atoms in total. The molecule has 1 aromatic carbocycles. The van der Waals surface area contributed by atoms with E-state index in [0.717, 1.165) is 49.9 Å². The second-order valence-corrected chi connectivity index (χ2v) is 5.87. The van der Waals surface area contributed by atoms with E-state index in [-0.39, 0.29) is 11.7 Å². The van der Waals surface area contributed by atoms with Crippen molar-refractivity contribution in [3.05, 3.63) is 29.8 Å². The van der Waals surface area contributed by atoms with Gasteiger partial charge in [0.25, 0.3) is 0 Å². The topological polar surface area (TPSA) is 58.2 Å². The summed E-state index contributed by atoms with van der Waals surface area (Å²) in [5, 5.41) is 5.00. The number of anilines is 1. The number of carbonyl (C=O) groups is 2. The molecule has 2 rings (SSSR count). The van der Waals surface area contributed by atoms with Gasteiger partial charge in [-0.2, -0.15) is 13.2 Å². The van der Waals surface area contributed by atoms with Crippen molar-refractivity contribution in [3.8, 4) is 0 Å². The minimum Gasteiger partial charge on any atom is -0.345 e. The van der Waals surface area contributed by atoms with E-state index in [0.29, 0.717) is 5.92 Å². The molecule has 23 heavy (non-hydrogen) atoms. The Kier molecular flexibility index (Phi) is 5.28. The highest BCUT2D eigenvalue weighted by molar-refractivity contribution is 6.39. The molecule has 0 heterocycles. The Morgan fingerprint density at radius 1 is 1.04 bits per heavy atom. The lowest BCUT2D eigenvalue weighted by Crippen LogP contribution is -2.45. The van der Waals surface area contributed by atoms with Gasteiger partial charge in [-0.3, -0.25) is 9.59 Å². The molecule has 2 N–H and O–H groups in total. The molecule has 0 aliphatic heterocycles. The largest absolute Gasteiger partial charge is 0.416 e. The molecule has 126 valence electrons. The summed E-state index contributed by atoms with van der Waals surface area (Å²) in [5.41, 5.74) is -0.661. The van der Waals surface area contributed by atoms with Gasteiger partial charge < -0.3 is 10.6 Å². The second-order valence-electron chi connectivity index (χ2n) is 5.87. The maximum absolute atomic E-state index is 12.5. The highest BCUT2D eigenvalue weighted by Crippen LogP contribution is 2.29. The summed E-state index contributed by atoms with van der Waals surface area (Å²) in [7, 11) is 0. The van der Waals surface area contributed by atoms with Crippen molar-refractivity contribution in [2.75, 3.05) is 5.32 Å². The van der Waals surface area contributed by atoms with Crippen LogP contribution in [0.3, 0.4) is 0 Å². The number of halogens is 3. The minimum absolute atomic E-state index is 0.0328. The molecule has 1 aliphatic carbocycles. The average molecular weight is 328 g/mol. The molecule has 0 bridgehead atoms. The number of hydrogen-bond donors (Lipinski definition) is 2. The predicted octanol–water partition coefficient (Wildman–Crippen LogP) is 3.34. The molecule has 1 fully saturated rings. The van der Waals surface area contributed by atoms with Crippen molar-refractivity contribution >= 4 is 17.5 Å². The van der Waals surface area contributed by atoms with Gasteiger partial charge in [0.2, 0.25) is 0 Å². The number of alkyl halides is 3. The number of carbonyl (C=O) groups excluding carboxylic acids is 2. The van der Waals surface area contributed by atoms with Crippen LogP contribution in [0.25, 0.3) is 0 Å². The third-order valence-electron chi connectivity index (χ3n) is 4.10. The Morgan fingerprint density at radius 3 is 2.22 bits per heavy atom. The van der Waals surface area contributed by atoms with E-state index >= 15 is 0 Å². The van der Waals surface area contributed by atoms with E-state index < -0.39 is 23.6 Å². The Hall–Kier alpha value is -2.05. The fraction of sp³-hybridized carbons (Fsp3) is 0.500. The van der Waals surface area contributed by atoms with Gasteiger partial charge in [0, 0.05) is 11.7 Å². The molecule has 2 amide bonds. The van der Waals surface area contributed by atoms with E-state index in [9.17, 15) is 22.8 Å². The van der Waals surface area contributed by atoms with Crippen LogP contribution in [0.4, 0.5) is 18.9 Å². The molecule has 1 aliphatic rings. The molecule has 0 saturated heterocycles. The van der Waals surface area contributed by atoms with Gasteiger partial charge in [-0.15, -0.1) is 0 Å². The summed E-state index contributed by atoms with van der Waals surface area (Å²) in [5.74, 6) is -1.32. The normalized spacial score (nSPS) is 21.6. The zero-order valence-corrected chi connectivity index (χ0v) is 12.7. The molecule has 1 saturated carbocycles. The molecule has 0 radical (unpaired) electrons. The molecule has 7 heteroatoms. The van der Waals surface area contributed by atoms with E-state index in [1.54, 1.807) is 0 Å². The lowest BCUT2D eigenvalue weighted by molar-refractivity contribution is -0.137. The molecule has 0 aromatic heterocycles. The van der Waals surface area contributed by atoms with Gasteiger partial charge in [0.05, 0.1) is 5.56 Å². The fourth-order valence-electron chi connectivity index (χ4n) is 2.70. The van der Waals surface area contributed by atoms with Gasteiger partial charge in [-0.05, 0) is 43.0 Å². The quantitative estimate of drug-likeness (QED) is 0.818. The summed E-state index contributed by atoms with van der Waals surface area (Å²) < 4.78 is 37.4. The van der Waals surface area contributed by atoms with Crippen molar-refractivity contribution in [2.24, 2.45) is 5.92 Å². The first-order valence-electron chi connectivity index (χ1n) is 7.56. The lowest BCUT2D eigenvalue weighted by Gasteiger charge is -2.29. The number of nitrogens with one attached hydrogen (secondary N) is 2. The Morgan fingerprint density at radius 2 is 1.65 bits per heavy atom. The first-order valence-corrected chi connectivity index (χ1v) is 7.56. The van der Waals surface area contributed by atoms with Crippen molar-refractivity contribution in [1.82, 2.24) is 5.32 Å².